The Morgan fingerprint density at radius 1 is 1.05 bits per heavy atom. The van der Waals surface area contributed by atoms with E-state index in [-0.39, 0.29) is 0 Å². The van der Waals surface area contributed by atoms with Gasteiger partial charge < -0.3 is 15.0 Å². The summed E-state index contributed by atoms with van der Waals surface area (Å²) in [6.07, 6.45) is 7.27. The Bertz CT molecular complexity index is 405. The number of anilines is 2. The lowest BCUT2D eigenvalue weighted by Gasteiger charge is -2.25. The highest BCUT2D eigenvalue weighted by Gasteiger charge is 2.15. The second-order valence-corrected chi connectivity index (χ2v) is 5.09. The van der Waals surface area contributed by atoms with Gasteiger partial charge in [-0.1, -0.05) is 26.2 Å². The molecule has 0 aliphatic carbocycles. The zero-order valence-electron chi connectivity index (χ0n) is 12.6. The zero-order valence-corrected chi connectivity index (χ0v) is 12.6. The van der Waals surface area contributed by atoms with Gasteiger partial charge in [0.2, 0.25) is 11.9 Å². The summed E-state index contributed by atoms with van der Waals surface area (Å²) >= 11 is 0. The molecule has 1 aromatic rings. The van der Waals surface area contributed by atoms with Crippen molar-refractivity contribution in [2.45, 2.75) is 45.4 Å². The summed E-state index contributed by atoms with van der Waals surface area (Å²) in [5.74, 6) is 1.31. The maximum Gasteiger partial charge on any atom is 0.323 e. The van der Waals surface area contributed by atoms with Gasteiger partial charge in [-0.2, -0.15) is 15.0 Å². The molecule has 20 heavy (non-hydrogen) atoms. The Kier molecular flexibility index (Phi) is 5.83. The molecular formula is C14H25N5O. The van der Waals surface area contributed by atoms with E-state index in [0.717, 1.165) is 25.5 Å². The highest BCUT2D eigenvalue weighted by Crippen LogP contribution is 2.19. The van der Waals surface area contributed by atoms with Gasteiger partial charge in [0, 0.05) is 20.1 Å². The van der Waals surface area contributed by atoms with Crippen LogP contribution in [0.1, 0.15) is 45.4 Å². The first-order valence-electron chi connectivity index (χ1n) is 7.65. The third kappa shape index (κ3) is 4.21. The van der Waals surface area contributed by atoms with Crippen molar-refractivity contribution in [1.29, 1.82) is 0 Å². The normalized spacial score (nSPS) is 16.4. The van der Waals surface area contributed by atoms with Crippen LogP contribution in [-0.4, -0.2) is 41.7 Å². The molecule has 112 valence electrons. The fourth-order valence-corrected chi connectivity index (χ4v) is 2.30. The van der Waals surface area contributed by atoms with Crippen molar-refractivity contribution in [3.8, 4) is 6.01 Å². The Balaban J connectivity index is 2.14. The van der Waals surface area contributed by atoms with E-state index in [2.05, 4.69) is 32.1 Å². The summed E-state index contributed by atoms with van der Waals surface area (Å²) in [5.41, 5.74) is 0. The number of nitrogens with one attached hydrogen (secondary N) is 1. The number of ether oxygens (including phenoxy) is 1. The van der Waals surface area contributed by atoms with Crippen molar-refractivity contribution in [3.63, 3.8) is 0 Å². The molecule has 0 spiro atoms. The number of hydrogen-bond donors (Lipinski definition) is 1. The molecule has 6 nitrogen and oxygen atoms in total. The SMILES string of the molecule is CCCOc1nc(NC)nc(N2CCCCCCC2)n1. The highest BCUT2D eigenvalue weighted by atomic mass is 16.5. The Hall–Kier alpha value is -1.59. The third-order valence-electron chi connectivity index (χ3n) is 3.40. The topological polar surface area (TPSA) is 63.2 Å². The van der Waals surface area contributed by atoms with E-state index < -0.39 is 0 Å². The van der Waals surface area contributed by atoms with Crippen molar-refractivity contribution in [1.82, 2.24) is 15.0 Å². The third-order valence-corrected chi connectivity index (χ3v) is 3.40. The molecule has 2 heterocycles. The van der Waals surface area contributed by atoms with E-state index in [4.69, 9.17) is 4.74 Å². The monoisotopic (exact) mass is 279 g/mol. The average Bonchev–Trinajstić information content (AvgIpc) is 2.44. The predicted octanol–water partition coefficient (Wildman–Crippen LogP) is 2.47. The first-order chi connectivity index (χ1) is 9.83. The quantitative estimate of drug-likeness (QED) is 0.893. The van der Waals surface area contributed by atoms with Gasteiger partial charge in [0.1, 0.15) is 0 Å². The zero-order chi connectivity index (χ0) is 14.2. The van der Waals surface area contributed by atoms with Gasteiger partial charge in [0.25, 0.3) is 0 Å². The van der Waals surface area contributed by atoms with Gasteiger partial charge in [0.05, 0.1) is 6.61 Å². The minimum Gasteiger partial charge on any atom is -0.463 e. The highest BCUT2D eigenvalue weighted by molar-refractivity contribution is 5.38. The van der Waals surface area contributed by atoms with Crippen molar-refractivity contribution in [2.24, 2.45) is 0 Å². The second kappa shape index (κ2) is 7.87. The van der Waals surface area contributed by atoms with Crippen molar-refractivity contribution < 1.29 is 4.74 Å². The predicted molar refractivity (Wildman–Crippen MR) is 80.5 cm³/mol. The Labute approximate surface area is 121 Å². The smallest absolute Gasteiger partial charge is 0.323 e. The average molecular weight is 279 g/mol. The van der Waals surface area contributed by atoms with Gasteiger partial charge in [-0.3, -0.25) is 0 Å². The number of nitrogens with zero attached hydrogens (tertiary/aromatic N) is 4. The van der Waals surface area contributed by atoms with Crippen LogP contribution in [0, 0.1) is 0 Å². The molecule has 6 heteroatoms. The molecule has 2 rings (SSSR count). The summed E-state index contributed by atoms with van der Waals surface area (Å²) in [6.45, 7) is 4.73. The maximum absolute atomic E-state index is 5.56. The summed E-state index contributed by atoms with van der Waals surface area (Å²) in [7, 11) is 1.82. The molecule has 0 saturated carbocycles. The van der Waals surface area contributed by atoms with Crippen molar-refractivity contribution in [3.05, 3.63) is 0 Å². The number of hydrogen-bond acceptors (Lipinski definition) is 6. The largest absolute Gasteiger partial charge is 0.463 e. The first kappa shape index (κ1) is 14.8. The van der Waals surface area contributed by atoms with Crippen LogP contribution in [0.15, 0.2) is 0 Å². The second-order valence-electron chi connectivity index (χ2n) is 5.09. The van der Waals surface area contributed by atoms with Crippen LogP contribution in [0.5, 0.6) is 6.01 Å². The lowest BCUT2D eigenvalue weighted by Crippen LogP contribution is -2.29. The van der Waals surface area contributed by atoms with Crippen LogP contribution in [0.4, 0.5) is 11.9 Å². The van der Waals surface area contributed by atoms with E-state index in [1.807, 2.05) is 7.05 Å². The van der Waals surface area contributed by atoms with E-state index in [0.29, 0.717) is 18.6 Å². The lowest BCUT2D eigenvalue weighted by molar-refractivity contribution is 0.291. The van der Waals surface area contributed by atoms with Crippen molar-refractivity contribution >= 4 is 11.9 Å². The van der Waals surface area contributed by atoms with Gasteiger partial charge >= 0.3 is 6.01 Å². The number of aromatic nitrogens is 3. The molecule has 0 aromatic carbocycles. The molecule has 1 aliphatic rings. The fourth-order valence-electron chi connectivity index (χ4n) is 2.30. The molecule has 0 unspecified atom stereocenters. The number of rotatable bonds is 5. The lowest BCUT2D eigenvalue weighted by atomic mass is 10.1. The van der Waals surface area contributed by atoms with Crippen LogP contribution in [0.25, 0.3) is 0 Å². The summed E-state index contributed by atoms with van der Waals surface area (Å²) < 4.78 is 5.56. The molecule has 0 atom stereocenters. The van der Waals surface area contributed by atoms with Crippen LogP contribution in [0.3, 0.4) is 0 Å². The standard InChI is InChI=1S/C14H25N5O/c1-3-11-20-14-17-12(15-2)16-13(18-14)19-9-7-5-4-6-8-10-19/h3-11H2,1-2H3,(H,15,16,17,18). The molecule has 1 fully saturated rings. The van der Waals surface area contributed by atoms with Crippen LogP contribution in [0.2, 0.25) is 0 Å². The van der Waals surface area contributed by atoms with Gasteiger partial charge in [-0.05, 0) is 19.3 Å². The minimum atomic E-state index is 0.420. The molecule has 0 bridgehead atoms. The van der Waals surface area contributed by atoms with Crippen LogP contribution in [-0.2, 0) is 0 Å². The van der Waals surface area contributed by atoms with Crippen molar-refractivity contribution in [2.75, 3.05) is 37.0 Å². The molecule has 1 aliphatic heterocycles. The summed E-state index contributed by atoms with van der Waals surface area (Å²) in [4.78, 5) is 15.4. The minimum absolute atomic E-state index is 0.420. The molecular weight excluding hydrogens is 254 g/mol. The summed E-state index contributed by atoms with van der Waals surface area (Å²) in [5, 5.41) is 2.98. The van der Waals surface area contributed by atoms with Gasteiger partial charge in [-0.15, -0.1) is 0 Å². The van der Waals surface area contributed by atoms with Gasteiger partial charge in [-0.25, -0.2) is 0 Å². The molecule has 1 saturated heterocycles. The van der Waals surface area contributed by atoms with E-state index in [9.17, 15) is 0 Å². The fraction of sp³-hybridized carbons (Fsp3) is 0.786. The first-order valence-corrected chi connectivity index (χ1v) is 7.65. The molecule has 1 N–H and O–H groups in total. The van der Waals surface area contributed by atoms with E-state index in [1.54, 1.807) is 0 Å². The molecule has 0 radical (unpaired) electrons. The Morgan fingerprint density at radius 3 is 2.40 bits per heavy atom. The van der Waals surface area contributed by atoms with E-state index in [1.165, 1.54) is 32.1 Å². The molecule has 1 aromatic heterocycles. The maximum atomic E-state index is 5.56. The summed E-state index contributed by atoms with van der Waals surface area (Å²) in [6, 6.07) is 0.420. The van der Waals surface area contributed by atoms with Gasteiger partial charge in [0.15, 0.2) is 0 Å². The molecule has 0 amide bonds. The van der Waals surface area contributed by atoms with Crippen LogP contribution < -0.4 is 15.0 Å². The van der Waals surface area contributed by atoms with Crippen LogP contribution >= 0.6 is 0 Å². The Morgan fingerprint density at radius 2 is 1.75 bits per heavy atom. The van der Waals surface area contributed by atoms with E-state index >= 15 is 0 Å².